The highest BCUT2D eigenvalue weighted by atomic mass is 35.5. The Bertz CT molecular complexity index is 1250. The molecule has 0 radical (unpaired) electrons. The van der Waals surface area contributed by atoms with Gasteiger partial charge in [0.05, 0.1) is 6.20 Å². The number of aromatic hydroxyl groups is 1. The lowest BCUT2D eigenvalue weighted by Crippen LogP contribution is -2.45. The van der Waals surface area contributed by atoms with Crippen LogP contribution in [0.15, 0.2) is 60.9 Å². The van der Waals surface area contributed by atoms with E-state index in [9.17, 15) is 23.5 Å². The molecule has 1 aliphatic rings. The van der Waals surface area contributed by atoms with Gasteiger partial charge in [0.2, 0.25) is 17.7 Å². The molecule has 0 aliphatic heterocycles. The Balaban J connectivity index is 1.58. The van der Waals surface area contributed by atoms with Crippen LogP contribution in [-0.2, 0) is 29.6 Å². The number of hydrogen-bond acceptors (Lipinski definition) is 4. The third kappa shape index (κ3) is 7.31. The first-order valence-electron chi connectivity index (χ1n) is 12.6. The molecule has 1 aromatic heterocycles. The maximum atomic E-state index is 14.0. The highest BCUT2D eigenvalue weighted by molar-refractivity contribution is 6.30. The summed E-state index contributed by atoms with van der Waals surface area (Å²) in [5, 5.41) is 17.2. The summed E-state index contributed by atoms with van der Waals surface area (Å²) in [5.41, 5.74) is 2.17. The number of rotatable bonds is 10. The molecule has 1 heterocycles. The molecule has 2 aromatic carbocycles. The van der Waals surface area contributed by atoms with Crippen LogP contribution >= 0.6 is 11.6 Å². The quantitative estimate of drug-likeness (QED) is 0.375. The van der Waals surface area contributed by atoms with Crippen molar-refractivity contribution >= 4 is 23.4 Å². The number of carbonyl (C=O) groups excluding carboxylic acids is 2. The number of nitrogens with one attached hydrogen (secondary N) is 1. The Hall–Kier alpha value is -3.46. The fourth-order valence-electron chi connectivity index (χ4n) is 4.83. The van der Waals surface area contributed by atoms with E-state index in [0.717, 1.165) is 11.1 Å². The van der Waals surface area contributed by atoms with E-state index in [1.165, 1.54) is 15.8 Å². The summed E-state index contributed by atoms with van der Waals surface area (Å²) in [5.74, 6) is -3.81. The summed E-state index contributed by atoms with van der Waals surface area (Å²) in [7, 11) is 1.71. The van der Waals surface area contributed by atoms with Crippen LogP contribution in [0.25, 0.3) is 0 Å². The minimum atomic E-state index is -2.77. The Morgan fingerprint density at radius 2 is 1.87 bits per heavy atom. The molecule has 0 saturated heterocycles. The Kier molecular flexibility index (Phi) is 8.66. The van der Waals surface area contributed by atoms with Crippen molar-refractivity contribution in [3.63, 3.8) is 0 Å². The molecule has 202 valence electrons. The lowest BCUT2D eigenvalue weighted by molar-refractivity contribution is -0.141. The first-order valence-corrected chi connectivity index (χ1v) is 12.9. The standard InChI is InChI=1S/C28H31ClF2N4O3/c1-34-18-22(16-33-34)26(27(38)32-15-20-2-7-23(29)8-3-20)35(17-21-12-13-28(30,31)14-21)25(37)11-6-19-4-9-24(36)10-5-19/h2-5,7-10,16,18,21,26,36H,6,11-15,17H2,1H3,(H,32,38). The highest BCUT2D eigenvalue weighted by Crippen LogP contribution is 2.40. The van der Waals surface area contributed by atoms with E-state index in [0.29, 0.717) is 17.0 Å². The van der Waals surface area contributed by atoms with Gasteiger partial charge in [-0.25, -0.2) is 8.78 Å². The molecule has 1 fully saturated rings. The van der Waals surface area contributed by atoms with E-state index in [1.807, 2.05) is 0 Å². The van der Waals surface area contributed by atoms with Crippen molar-refractivity contribution in [2.75, 3.05) is 6.54 Å². The van der Waals surface area contributed by atoms with Gasteiger partial charge >= 0.3 is 0 Å². The molecule has 7 nitrogen and oxygen atoms in total. The zero-order chi connectivity index (χ0) is 27.3. The van der Waals surface area contributed by atoms with Crippen LogP contribution in [0.5, 0.6) is 5.75 Å². The van der Waals surface area contributed by atoms with Gasteiger partial charge in [0.25, 0.3) is 0 Å². The summed E-state index contributed by atoms with van der Waals surface area (Å²) in [6.07, 6.45) is 3.37. The first-order chi connectivity index (χ1) is 18.1. The SMILES string of the molecule is Cn1cc(C(C(=O)NCc2ccc(Cl)cc2)N(CC2CCC(F)(F)C2)C(=O)CCc2ccc(O)cc2)cn1. The van der Waals surface area contributed by atoms with Gasteiger partial charge in [-0.3, -0.25) is 14.3 Å². The smallest absolute Gasteiger partial charge is 0.248 e. The first kappa shape index (κ1) is 27.6. The maximum Gasteiger partial charge on any atom is 0.248 e. The number of nitrogens with zero attached hydrogens (tertiary/aromatic N) is 3. The van der Waals surface area contributed by atoms with Crippen LogP contribution < -0.4 is 5.32 Å². The number of carbonyl (C=O) groups is 2. The fourth-order valence-corrected chi connectivity index (χ4v) is 4.95. The normalized spacial score (nSPS) is 17.2. The number of hydrogen-bond donors (Lipinski definition) is 2. The minimum Gasteiger partial charge on any atom is -0.508 e. The zero-order valence-electron chi connectivity index (χ0n) is 21.1. The van der Waals surface area contributed by atoms with E-state index >= 15 is 0 Å². The fraction of sp³-hybridized carbons (Fsp3) is 0.393. The molecule has 2 amide bonds. The van der Waals surface area contributed by atoms with Crippen molar-refractivity contribution in [3.8, 4) is 5.75 Å². The van der Waals surface area contributed by atoms with Crippen LogP contribution in [0.4, 0.5) is 8.78 Å². The lowest BCUT2D eigenvalue weighted by atomic mass is 10.0. The maximum absolute atomic E-state index is 14.0. The van der Waals surface area contributed by atoms with Gasteiger partial charge in [0, 0.05) is 56.2 Å². The predicted molar refractivity (Wildman–Crippen MR) is 140 cm³/mol. The number of aromatic nitrogens is 2. The second-order valence-corrected chi connectivity index (χ2v) is 10.3. The minimum absolute atomic E-state index is 0.0396. The third-order valence-electron chi connectivity index (χ3n) is 6.83. The van der Waals surface area contributed by atoms with Crippen molar-refractivity contribution in [2.45, 2.75) is 50.6 Å². The van der Waals surface area contributed by atoms with Crippen molar-refractivity contribution < 1.29 is 23.5 Å². The van der Waals surface area contributed by atoms with Crippen molar-refractivity contribution in [1.29, 1.82) is 0 Å². The molecule has 4 rings (SSSR count). The van der Waals surface area contributed by atoms with Gasteiger partial charge < -0.3 is 15.3 Å². The molecule has 2 N–H and O–H groups in total. The topological polar surface area (TPSA) is 87.5 Å². The third-order valence-corrected chi connectivity index (χ3v) is 7.08. The molecular weight excluding hydrogens is 514 g/mol. The van der Waals surface area contributed by atoms with Gasteiger partial charge in [0.1, 0.15) is 11.8 Å². The summed E-state index contributed by atoms with van der Waals surface area (Å²) >= 11 is 5.96. The monoisotopic (exact) mass is 544 g/mol. The molecule has 0 bridgehead atoms. The van der Waals surface area contributed by atoms with Crippen LogP contribution in [0.1, 0.15) is 48.4 Å². The summed E-state index contributed by atoms with van der Waals surface area (Å²) in [4.78, 5) is 28.7. The van der Waals surface area contributed by atoms with Crippen LogP contribution in [0, 0.1) is 5.92 Å². The second-order valence-electron chi connectivity index (χ2n) is 9.87. The van der Waals surface area contributed by atoms with E-state index < -0.39 is 23.8 Å². The molecule has 1 saturated carbocycles. The van der Waals surface area contributed by atoms with Crippen LogP contribution in [0.2, 0.25) is 5.02 Å². The molecule has 3 aromatic rings. The largest absolute Gasteiger partial charge is 0.508 e. The van der Waals surface area contributed by atoms with Crippen molar-refractivity contribution in [2.24, 2.45) is 13.0 Å². The van der Waals surface area contributed by atoms with E-state index in [2.05, 4.69) is 10.4 Å². The van der Waals surface area contributed by atoms with Gasteiger partial charge in [0.15, 0.2) is 0 Å². The van der Waals surface area contributed by atoms with Gasteiger partial charge in [-0.1, -0.05) is 35.9 Å². The number of alkyl halides is 2. The second kappa shape index (κ2) is 11.9. The van der Waals surface area contributed by atoms with E-state index in [-0.39, 0.29) is 50.4 Å². The Labute approximate surface area is 225 Å². The molecule has 10 heteroatoms. The average Bonchev–Trinajstić information content (AvgIpc) is 3.46. The lowest BCUT2D eigenvalue weighted by Gasteiger charge is -2.33. The van der Waals surface area contributed by atoms with Gasteiger partial charge in [-0.15, -0.1) is 0 Å². The van der Waals surface area contributed by atoms with Crippen molar-refractivity contribution in [3.05, 3.63) is 82.6 Å². The van der Waals surface area contributed by atoms with E-state index in [1.54, 1.807) is 61.8 Å². The Morgan fingerprint density at radius 1 is 1.18 bits per heavy atom. The molecule has 0 spiro atoms. The highest BCUT2D eigenvalue weighted by Gasteiger charge is 2.42. The van der Waals surface area contributed by atoms with Gasteiger partial charge in [-0.05, 0) is 54.2 Å². The number of halogens is 3. The molecule has 2 atom stereocenters. The summed E-state index contributed by atoms with van der Waals surface area (Å²) < 4.78 is 29.6. The number of benzene rings is 2. The molecular formula is C28H31ClF2N4O3. The molecule has 2 unspecified atom stereocenters. The number of aryl methyl sites for hydroxylation is 2. The van der Waals surface area contributed by atoms with Gasteiger partial charge in [-0.2, -0.15) is 5.10 Å². The number of amides is 2. The molecule has 1 aliphatic carbocycles. The van der Waals surface area contributed by atoms with Crippen molar-refractivity contribution in [1.82, 2.24) is 20.0 Å². The summed E-state index contributed by atoms with van der Waals surface area (Å²) in [6, 6.07) is 12.5. The zero-order valence-corrected chi connectivity index (χ0v) is 21.9. The number of phenols is 1. The van der Waals surface area contributed by atoms with E-state index in [4.69, 9.17) is 11.6 Å². The predicted octanol–water partition coefficient (Wildman–Crippen LogP) is 5.03. The Morgan fingerprint density at radius 3 is 2.47 bits per heavy atom. The summed E-state index contributed by atoms with van der Waals surface area (Å²) in [6.45, 7) is 0.252. The van der Waals surface area contributed by atoms with Crippen LogP contribution in [0.3, 0.4) is 0 Å². The average molecular weight is 545 g/mol. The molecule has 38 heavy (non-hydrogen) atoms. The number of phenolic OH excluding ortho intramolecular Hbond substituents is 1. The van der Waals surface area contributed by atoms with Crippen LogP contribution in [-0.4, -0.2) is 44.1 Å².